The fourth-order valence-electron chi connectivity index (χ4n) is 1.09. The summed E-state index contributed by atoms with van der Waals surface area (Å²) in [6.07, 6.45) is 0. The number of rotatable bonds is 5. The number of esters is 1. The highest BCUT2D eigenvalue weighted by atomic mass is 35.5. The van der Waals surface area contributed by atoms with Gasteiger partial charge in [-0.1, -0.05) is 34.3 Å². The number of aromatic nitrogens is 3. The van der Waals surface area contributed by atoms with Crippen LogP contribution in [0.15, 0.2) is 8.68 Å². The lowest BCUT2D eigenvalue weighted by Crippen LogP contribution is -1.98. The third-order valence-electron chi connectivity index (χ3n) is 1.85. The molecule has 0 saturated heterocycles. The molecule has 0 fully saturated rings. The molecule has 0 saturated carbocycles. The second-order valence-electron chi connectivity index (χ2n) is 3.10. The summed E-state index contributed by atoms with van der Waals surface area (Å²) in [6, 6.07) is 0. The van der Waals surface area contributed by atoms with Crippen molar-refractivity contribution >= 4 is 57.1 Å². The Labute approximate surface area is 126 Å². The molecule has 0 aliphatic heterocycles. The summed E-state index contributed by atoms with van der Waals surface area (Å²) < 4.78 is 5.98. The normalized spacial score (nSPS) is 10.5. The van der Waals surface area contributed by atoms with Crippen molar-refractivity contribution < 1.29 is 9.53 Å². The molecule has 0 spiro atoms. The molecule has 2 aromatic rings. The van der Waals surface area contributed by atoms with Crippen LogP contribution in [0.3, 0.4) is 0 Å². The minimum absolute atomic E-state index is 0.149. The minimum Gasteiger partial charge on any atom is -0.465 e. The van der Waals surface area contributed by atoms with E-state index in [9.17, 15) is 4.79 Å². The Balaban J connectivity index is 2.12. The first-order valence-corrected chi connectivity index (χ1v) is 7.96. The van der Waals surface area contributed by atoms with Crippen LogP contribution < -0.4 is 5.32 Å². The molecule has 2 aromatic heterocycles. The van der Waals surface area contributed by atoms with E-state index in [1.807, 2.05) is 6.92 Å². The van der Waals surface area contributed by atoms with Gasteiger partial charge in [0.05, 0.1) is 7.11 Å². The van der Waals surface area contributed by atoms with Gasteiger partial charge in [0.1, 0.15) is 0 Å². The molecular formula is C9H9ClN4O2S3. The lowest BCUT2D eigenvalue weighted by atomic mass is 10.6. The SMILES string of the molecule is CCNc1nnc(Sc2nc(Cl)c(C(=O)OC)s2)s1. The summed E-state index contributed by atoms with van der Waals surface area (Å²) in [5.74, 6) is -0.486. The molecule has 0 aliphatic rings. The minimum atomic E-state index is -0.486. The van der Waals surface area contributed by atoms with Crippen LogP contribution in [0.5, 0.6) is 0 Å². The average molecular weight is 337 g/mol. The molecule has 1 N–H and O–H groups in total. The molecule has 0 unspecified atom stereocenters. The van der Waals surface area contributed by atoms with Gasteiger partial charge in [-0.05, 0) is 18.7 Å². The molecule has 0 aromatic carbocycles. The Morgan fingerprint density at radius 3 is 2.89 bits per heavy atom. The number of hydrogen-bond acceptors (Lipinski definition) is 9. The fraction of sp³-hybridized carbons (Fsp3) is 0.333. The highest BCUT2D eigenvalue weighted by molar-refractivity contribution is 8.02. The third-order valence-corrected chi connectivity index (χ3v) is 5.26. The molecule has 2 rings (SSSR count). The van der Waals surface area contributed by atoms with Crippen LogP contribution in [0.1, 0.15) is 16.6 Å². The first-order valence-electron chi connectivity index (χ1n) is 5.14. The van der Waals surface area contributed by atoms with E-state index in [0.29, 0.717) is 9.22 Å². The van der Waals surface area contributed by atoms with Gasteiger partial charge < -0.3 is 10.1 Å². The molecule has 2 heterocycles. The van der Waals surface area contributed by atoms with Crippen molar-refractivity contribution in [3.8, 4) is 0 Å². The van der Waals surface area contributed by atoms with Crippen molar-refractivity contribution in [2.24, 2.45) is 0 Å². The van der Waals surface area contributed by atoms with Gasteiger partial charge in [-0.15, -0.1) is 10.2 Å². The quantitative estimate of drug-likeness (QED) is 0.841. The number of carbonyl (C=O) groups excluding carboxylic acids is 1. The number of carbonyl (C=O) groups is 1. The molecular weight excluding hydrogens is 328 g/mol. The first kappa shape index (κ1) is 14.5. The smallest absolute Gasteiger partial charge is 0.351 e. The Morgan fingerprint density at radius 1 is 1.42 bits per heavy atom. The van der Waals surface area contributed by atoms with Crippen molar-refractivity contribution in [3.63, 3.8) is 0 Å². The molecule has 0 amide bonds. The van der Waals surface area contributed by atoms with Gasteiger partial charge in [0.15, 0.2) is 18.7 Å². The van der Waals surface area contributed by atoms with Gasteiger partial charge in [0.25, 0.3) is 0 Å². The molecule has 10 heteroatoms. The van der Waals surface area contributed by atoms with E-state index in [0.717, 1.165) is 16.0 Å². The van der Waals surface area contributed by atoms with Crippen molar-refractivity contribution in [1.29, 1.82) is 0 Å². The van der Waals surface area contributed by atoms with Crippen LogP contribution in [0.4, 0.5) is 5.13 Å². The summed E-state index contributed by atoms with van der Waals surface area (Å²) >= 11 is 9.79. The molecule has 0 aliphatic carbocycles. The van der Waals surface area contributed by atoms with Gasteiger partial charge in [-0.3, -0.25) is 0 Å². The second kappa shape index (κ2) is 6.51. The fourth-order valence-corrected chi connectivity index (χ4v) is 4.44. The maximum Gasteiger partial charge on any atom is 0.351 e. The van der Waals surface area contributed by atoms with Crippen LogP contribution in [-0.4, -0.2) is 34.8 Å². The number of methoxy groups -OCH3 is 1. The number of hydrogen-bond donors (Lipinski definition) is 1. The van der Waals surface area contributed by atoms with E-state index in [1.165, 1.54) is 41.5 Å². The summed E-state index contributed by atoms with van der Waals surface area (Å²) in [5, 5.41) is 12.0. The van der Waals surface area contributed by atoms with E-state index in [-0.39, 0.29) is 5.15 Å². The Morgan fingerprint density at radius 2 is 2.21 bits per heavy atom. The summed E-state index contributed by atoms with van der Waals surface area (Å²) in [7, 11) is 1.30. The van der Waals surface area contributed by atoms with Crippen molar-refractivity contribution in [1.82, 2.24) is 15.2 Å². The second-order valence-corrected chi connectivity index (χ2v) is 6.93. The topological polar surface area (TPSA) is 77.0 Å². The van der Waals surface area contributed by atoms with Gasteiger partial charge in [-0.25, -0.2) is 9.78 Å². The molecule has 6 nitrogen and oxygen atoms in total. The number of anilines is 1. The number of nitrogens with zero attached hydrogens (tertiary/aromatic N) is 3. The monoisotopic (exact) mass is 336 g/mol. The van der Waals surface area contributed by atoms with E-state index in [2.05, 4.69) is 25.2 Å². The van der Waals surface area contributed by atoms with Crippen molar-refractivity contribution in [2.45, 2.75) is 15.6 Å². The lowest BCUT2D eigenvalue weighted by Gasteiger charge is -1.92. The molecule has 0 radical (unpaired) electrons. The van der Waals surface area contributed by atoms with Crippen LogP contribution >= 0.6 is 46.0 Å². The molecule has 0 bridgehead atoms. The van der Waals surface area contributed by atoms with Gasteiger partial charge in [0, 0.05) is 6.54 Å². The standard InChI is InChI=1S/C9H9ClN4O2S3/c1-3-11-7-13-14-9(18-7)19-8-12-5(10)4(17-8)6(15)16-2/h3H2,1-2H3,(H,11,13). The third kappa shape index (κ3) is 3.56. The summed E-state index contributed by atoms with van der Waals surface area (Å²) in [6.45, 7) is 2.77. The van der Waals surface area contributed by atoms with Crippen LogP contribution in [0, 0.1) is 0 Å². The van der Waals surface area contributed by atoms with Gasteiger partial charge in [0.2, 0.25) is 5.13 Å². The Kier molecular flexibility index (Phi) is 4.97. The number of halogens is 1. The largest absolute Gasteiger partial charge is 0.465 e. The molecule has 0 atom stereocenters. The Bertz CT molecular complexity index is 586. The average Bonchev–Trinajstić information content (AvgIpc) is 2.96. The van der Waals surface area contributed by atoms with Crippen molar-refractivity contribution in [3.05, 3.63) is 10.0 Å². The highest BCUT2D eigenvalue weighted by Crippen LogP contribution is 2.37. The van der Waals surface area contributed by atoms with Gasteiger partial charge in [-0.2, -0.15) is 0 Å². The van der Waals surface area contributed by atoms with Crippen molar-refractivity contribution in [2.75, 3.05) is 19.0 Å². The number of nitrogens with one attached hydrogen (secondary N) is 1. The molecule has 102 valence electrons. The lowest BCUT2D eigenvalue weighted by molar-refractivity contribution is 0.0606. The first-order chi connectivity index (χ1) is 9.13. The Hall–Kier alpha value is -0.900. The van der Waals surface area contributed by atoms with Crippen LogP contribution in [0.2, 0.25) is 5.15 Å². The number of ether oxygens (including phenoxy) is 1. The zero-order valence-electron chi connectivity index (χ0n) is 9.97. The van der Waals surface area contributed by atoms with E-state index >= 15 is 0 Å². The maximum atomic E-state index is 11.4. The van der Waals surface area contributed by atoms with E-state index < -0.39 is 5.97 Å². The predicted molar refractivity (Wildman–Crippen MR) is 76.7 cm³/mol. The zero-order valence-corrected chi connectivity index (χ0v) is 13.2. The highest BCUT2D eigenvalue weighted by Gasteiger charge is 2.18. The van der Waals surface area contributed by atoms with Gasteiger partial charge >= 0.3 is 5.97 Å². The maximum absolute atomic E-state index is 11.4. The van der Waals surface area contributed by atoms with Crippen LogP contribution in [-0.2, 0) is 4.74 Å². The summed E-state index contributed by atoms with van der Waals surface area (Å²) in [4.78, 5) is 15.8. The molecule has 19 heavy (non-hydrogen) atoms. The van der Waals surface area contributed by atoms with E-state index in [4.69, 9.17) is 11.6 Å². The predicted octanol–water partition coefficient (Wildman–Crippen LogP) is 3.02. The summed E-state index contributed by atoms with van der Waals surface area (Å²) in [5.41, 5.74) is 0. The number of thiazole rings is 1. The zero-order chi connectivity index (χ0) is 13.8. The van der Waals surface area contributed by atoms with E-state index in [1.54, 1.807) is 0 Å². The van der Waals surface area contributed by atoms with Crippen LogP contribution in [0.25, 0.3) is 0 Å².